The van der Waals surface area contributed by atoms with E-state index in [9.17, 15) is 9.59 Å². The van der Waals surface area contributed by atoms with Crippen molar-refractivity contribution in [2.75, 3.05) is 13.2 Å². The van der Waals surface area contributed by atoms with Crippen molar-refractivity contribution in [1.82, 2.24) is 15.4 Å². The first-order valence-electron chi connectivity index (χ1n) is 7.84. The Balaban J connectivity index is 2.12. The zero-order valence-corrected chi connectivity index (χ0v) is 14.3. The summed E-state index contributed by atoms with van der Waals surface area (Å²) in [6, 6.07) is 6.80. The highest BCUT2D eigenvalue weighted by Crippen LogP contribution is 2.23. The third kappa shape index (κ3) is 5.17. The summed E-state index contributed by atoms with van der Waals surface area (Å²) in [7, 11) is 0. The number of amides is 1. The Morgan fingerprint density at radius 2 is 2.04 bits per heavy atom. The molecule has 0 bridgehead atoms. The third-order valence-electron chi connectivity index (χ3n) is 3.08. The minimum absolute atomic E-state index is 0.00451. The van der Waals surface area contributed by atoms with Crippen LogP contribution in [0, 0.1) is 6.92 Å². The monoisotopic (exact) mass is 344 g/mol. The van der Waals surface area contributed by atoms with Crippen LogP contribution in [0.25, 0.3) is 0 Å². The number of rotatable bonds is 7. The van der Waals surface area contributed by atoms with E-state index >= 15 is 0 Å². The first kappa shape index (κ1) is 18.2. The number of aryl methyl sites for hydroxylation is 1. The number of carbonyl (C=O) groups excluding carboxylic acids is 1. The second-order valence-electron chi connectivity index (χ2n) is 5.02. The van der Waals surface area contributed by atoms with Gasteiger partial charge in [0.25, 0.3) is 5.91 Å². The average Bonchev–Trinajstić information content (AvgIpc) is 2.56. The predicted molar refractivity (Wildman–Crippen MR) is 93.4 cm³/mol. The van der Waals surface area contributed by atoms with Crippen LogP contribution in [-0.2, 0) is 0 Å². The van der Waals surface area contributed by atoms with Gasteiger partial charge in [0.1, 0.15) is 17.2 Å². The lowest BCUT2D eigenvalue weighted by Crippen LogP contribution is -2.24. The van der Waals surface area contributed by atoms with Crippen molar-refractivity contribution in [2.45, 2.75) is 20.8 Å². The second-order valence-corrected chi connectivity index (χ2v) is 5.02. The van der Waals surface area contributed by atoms with Crippen LogP contribution in [-0.4, -0.2) is 35.3 Å². The molecule has 0 saturated heterocycles. The number of aromatic nitrogens is 2. The summed E-state index contributed by atoms with van der Waals surface area (Å²) in [5.41, 5.74) is 2.97. The van der Waals surface area contributed by atoms with Gasteiger partial charge in [0.2, 0.25) is 0 Å². The van der Waals surface area contributed by atoms with E-state index in [0.717, 1.165) is 0 Å². The van der Waals surface area contributed by atoms with Gasteiger partial charge in [-0.2, -0.15) is 10.1 Å². The number of hydrogen-bond acceptors (Lipinski definition) is 6. The lowest BCUT2D eigenvalue weighted by Gasteiger charge is -2.10. The minimum Gasteiger partial charge on any atom is -0.494 e. The molecule has 1 aromatic carbocycles. The number of benzene rings is 1. The predicted octanol–water partition coefficient (Wildman–Crippen LogP) is 1.64. The van der Waals surface area contributed by atoms with E-state index in [2.05, 4.69) is 20.5 Å². The van der Waals surface area contributed by atoms with Gasteiger partial charge in [-0.15, -0.1) is 0 Å². The number of H-pyrrole nitrogens is 1. The van der Waals surface area contributed by atoms with Crippen LogP contribution in [0.4, 0.5) is 0 Å². The molecule has 2 rings (SSSR count). The number of hydrogen-bond donors (Lipinski definition) is 2. The molecule has 0 spiro atoms. The Morgan fingerprint density at radius 3 is 2.72 bits per heavy atom. The molecule has 2 aromatic rings. The van der Waals surface area contributed by atoms with Gasteiger partial charge in [-0.25, -0.2) is 10.2 Å². The number of hydrazone groups is 1. The summed E-state index contributed by atoms with van der Waals surface area (Å²) < 4.78 is 11.0. The van der Waals surface area contributed by atoms with Gasteiger partial charge in [-0.1, -0.05) is 0 Å². The van der Waals surface area contributed by atoms with E-state index < -0.39 is 11.6 Å². The second kappa shape index (κ2) is 8.62. The Bertz CT molecular complexity index is 830. The fraction of sp³-hybridized carbons (Fsp3) is 0.294. The van der Waals surface area contributed by atoms with Gasteiger partial charge in [-0.3, -0.25) is 4.79 Å². The molecule has 0 fully saturated rings. The number of carbonyl (C=O) groups is 1. The topological polar surface area (TPSA) is 106 Å². The van der Waals surface area contributed by atoms with Crippen LogP contribution in [0.1, 0.15) is 35.6 Å². The van der Waals surface area contributed by atoms with Crippen molar-refractivity contribution in [3.63, 3.8) is 0 Å². The van der Waals surface area contributed by atoms with Gasteiger partial charge < -0.3 is 14.5 Å². The van der Waals surface area contributed by atoms with Crippen LogP contribution >= 0.6 is 0 Å². The molecule has 0 aliphatic carbocycles. The molecule has 0 aliphatic heterocycles. The molecule has 8 heteroatoms. The summed E-state index contributed by atoms with van der Waals surface area (Å²) in [4.78, 5) is 29.4. The first-order valence-corrected chi connectivity index (χ1v) is 7.84. The van der Waals surface area contributed by atoms with Crippen molar-refractivity contribution in [3.8, 4) is 11.5 Å². The smallest absolute Gasteiger partial charge is 0.345 e. The Labute approximate surface area is 144 Å². The Morgan fingerprint density at radius 1 is 1.28 bits per heavy atom. The van der Waals surface area contributed by atoms with Gasteiger partial charge >= 0.3 is 5.69 Å². The van der Waals surface area contributed by atoms with Gasteiger partial charge in [-0.05, 0) is 39.0 Å². The molecule has 25 heavy (non-hydrogen) atoms. The number of nitrogens with one attached hydrogen (secondary N) is 2. The summed E-state index contributed by atoms with van der Waals surface area (Å²) >= 11 is 0. The molecule has 1 amide bonds. The first-order chi connectivity index (χ1) is 12.0. The summed E-state index contributed by atoms with van der Waals surface area (Å²) in [6.45, 7) is 6.47. The Hall–Kier alpha value is -3.16. The lowest BCUT2D eigenvalue weighted by molar-refractivity contribution is 0.0949. The van der Waals surface area contributed by atoms with E-state index in [1.54, 1.807) is 25.1 Å². The zero-order chi connectivity index (χ0) is 18.2. The molecular weight excluding hydrogens is 324 g/mol. The van der Waals surface area contributed by atoms with E-state index in [1.165, 1.54) is 12.3 Å². The molecule has 1 aromatic heterocycles. The Kier molecular flexibility index (Phi) is 6.27. The molecule has 8 nitrogen and oxygen atoms in total. The number of nitrogens with zero attached hydrogens (tertiary/aromatic N) is 2. The zero-order valence-electron chi connectivity index (χ0n) is 14.3. The fourth-order valence-electron chi connectivity index (χ4n) is 2.07. The highest BCUT2D eigenvalue weighted by Gasteiger charge is 2.08. The quantitative estimate of drug-likeness (QED) is 0.587. The van der Waals surface area contributed by atoms with E-state index in [1.807, 2.05) is 13.8 Å². The van der Waals surface area contributed by atoms with E-state index in [-0.39, 0.29) is 5.69 Å². The van der Waals surface area contributed by atoms with E-state index in [0.29, 0.717) is 36.0 Å². The molecular formula is C17H20N4O4. The maximum absolute atomic E-state index is 12.0. The molecule has 0 atom stereocenters. The molecule has 0 unspecified atom stereocenters. The highest BCUT2D eigenvalue weighted by atomic mass is 16.5. The fourth-order valence-corrected chi connectivity index (χ4v) is 2.07. The summed E-state index contributed by atoms with van der Waals surface area (Å²) in [6.07, 6.45) is 1.46. The number of aromatic amines is 1. The van der Waals surface area contributed by atoms with Gasteiger partial charge in [0.15, 0.2) is 0 Å². The highest BCUT2D eigenvalue weighted by molar-refractivity contribution is 5.93. The third-order valence-corrected chi connectivity index (χ3v) is 3.08. The average molecular weight is 344 g/mol. The van der Waals surface area contributed by atoms with Crippen molar-refractivity contribution in [3.05, 3.63) is 51.7 Å². The van der Waals surface area contributed by atoms with Crippen LogP contribution in [0.15, 0.2) is 34.2 Å². The largest absolute Gasteiger partial charge is 0.494 e. The van der Waals surface area contributed by atoms with Crippen molar-refractivity contribution >= 4 is 12.1 Å². The molecule has 132 valence electrons. The van der Waals surface area contributed by atoms with E-state index in [4.69, 9.17) is 9.47 Å². The van der Waals surface area contributed by atoms with Gasteiger partial charge in [0.05, 0.1) is 19.4 Å². The van der Waals surface area contributed by atoms with Gasteiger partial charge in [0, 0.05) is 17.3 Å². The van der Waals surface area contributed by atoms with Crippen LogP contribution < -0.4 is 20.6 Å². The minimum atomic E-state index is -0.584. The molecule has 0 radical (unpaired) electrons. The number of ether oxygens (including phenoxy) is 2. The van der Waals surface area contributed by atoms with Crippen LogP contribution in [0.5, 0.6) is 11.5 Å². The van der Waals surface area contributed by atoms with Crippen molar-refractivity contribution in [2.24, 2.45) is 5.10 Å². The normalized spacial score (nSPS) is 10.7. The summed E-state index contributed by atoms with van der Waals surface area (Å²) in [5, 5.41) is 3.90. The van der Waals surface area contributed by atoms with Crippen molar-refractivity contribution < 1.29 is 14.3 Å². The standard InChI is InChI=1S/C17H20N4O4/c1-4-24-13-7-6-12(15(9-13)25-5-2)10-18-21-16(22)14-8-11(3)19-17(23)20-14/h6-10H,4-5H2,1-3H3,(H,21,22)(H,19,20,23)/b18-10+. The maximum Gasteiger partial charge on any atom is 0.345 e. The van der Waals surface area contributed by atoms with Crippen molar-refractivity contribution in [1.29, 1.82) is 0 Å². The van der Waals surface area contributed by atoms with Crippen LogP contribution in [0.2, 0.25) is 0 Å². The lowest BCUT2D eigenvalue weighted by atomic mass is 10.2. The maximum atomic E-state index is 12.0. The molecule has 0 aliphatic rings. The molecule has 1 heterocycles. The molecule has 2 N–H and O–H groups in total. The SMILES string of the molecule is CCOc1ccc(/C=N/NC(=O)c2cc(C)[nH]c(=O)n2)c(OCC)c1. The summed E-state index contributed by atoms with van der Waals surface area (Å²) in [5.74, 6) is 0.709. The molecule has 0 saturated carbocycles. The van der Waals surface area contributed by atoms with Crippen LogP contribution in [0.3, 0.4) is 0 Å².